The van der Waals surface area contributed by atoms with E-state index in [0.29, 0.717) is 18.4 Å². The van der Waals surface area contributed by atoms with Gasteiger partial charge in [-0.15, -0.1) is 24.8 Å². The van der Waals surface area contributed by atoms with Gasteiger partial charge in [-0.05, 0) is 0 Å². The molecule has 1 N–H and O–H groups in total. The van der Waals surface area contributed by atoms with Crippen molar-refractivity contribution in [2.24, 2.45) is 0 Å². The summed E-state index contributed by atoms with van der Waals surface area (Å²) in [7, 11) is 4.22. The zero-order valence-electron chi connectivity index (χ0n) is 11.9. The molecule has 120 valence electrons. The predicted molar refractivity (Wildman–Crippen MR) is 92.6 cm³/mol. The molecule has 2 fully saturated rings. The van der Waals surface area contributed by atoms with Crippen molar-refractivity contribution < 1.29 is 4.79 Å². The summed E-state index contributed by atoms with van der Waals surface area (Å²) in [6.45, 7) is 4.69. The predicted octanol–water partition coefficient (Wildman–Crippen LogP) is 1.13. The number of piperazine rings is 1. The molecule has 8 heteroatoms. The zero-order valence-corrected chi connectivity index (χ0v) is 16.0. The maximum Gasteiger partial charge on any atom is -0.147 e. The molecule has 0 saturated carbocycles. The van der Waals surface area contributed by atoms with Crippen molar-refractivity contribution in [2.75, 3.05) is 45.5 Å². The van der Waals surface area contributed by atoms with Crippen LogP contribution in [-0.2, 0) is 4.79 Å². The molecule has 0 radical (unpaired) electrons. The van der Waals surface area contributed by atoms with Crippen molar-refractivity contribution in [2.45, 2.75) is 24.2 Å². The molecule has 2 saturated heterocycles. The molecule has 0 aromatic heterocycles. The summed E-state index contributed by atoms with van der Waals surface area (Å²) in [5.74, 6) is 1.62. The Hall–Kier alpha value is 0.839. The third kappa shape index (κ3) is 7.21. The van der Waals surface area contributed by atoms with Crippen LogP contribution in [0.1, 0.15) is 12.8 Å². The first-order valence-corrected chi connectivity index (χ1v) is 10.9. The van der Waals surface area contributed by atoms with Gasteiger partial charge in [-0.1, -0.05) is 0 Å². The van der Waals surface area contributed by atoms with Gasteiger partial charge in [0.05, 0.1) is 0 Å². The van der Waals surface area contributed by atoms with Crippen molar-refractivity contribution in [3.63, 3.8) is 0 Å². The Bertz CT molecular complexity index is 275. The second-order valence-corrected chi connectivity index (χ2v) is 9.53. The molecular weight excluding hydrogens is 384 g/mol. The van der Waals surface area contributed by atoms with Crippen molar-refractivity contribution in [3.05, 3.63) is 0 Å². The Morgan fingerprint density at radius 1 is 1.30 bits per heavy atom. The molecule has 2 aliphatic heterocycles. The van der Waals surface area contributed by atoms with E-state index < -0.39 is 0 Å². The number of carbonyl (C=O) groups excluding carboxylic acids is 1. The van der Waals surface area contributed by atoms with E-state index in [1.54, 1.807) is 0 Å². The van der Waals surface area contributed by atoms with Gasteiger partial charge in [-0.3, -0.25) is 0 Å². The number of hydrogen-bond acceptors (Lipinski definition) is 4. The molecule has 2 rings (SSSR count). The number of carbonyl (C=O) groups is 1. The summed E-state index contributed by atoms with van der Waals surface area (Å²) in [4.78, 5) is 16.3. The zero-order chi connectivity index (χ0) is 12.8. The van der Waals surface area contributed by atoms with Crippen LogP contribution in [0.5, 0.6) is 0 Å². The molecule has 0 spiro atoms. The molecule has 2 aliphatic rings. The molecule has 20 heavy (non-hydrogen) atoms. The Kier molecular flexibility index (Phi) is 11.9. The first-order valence-electron chi connectivity index (χ1n) is 6.70. The van der Waals surface area contributed by atoms with Crippen molar-refractivity contribution in [3.8, 4) is 0 Å². The van der Waals surface area contributed by atoms with Gasteiger partial charge in [0, 0.05) is 0 Å². The average molecular weight is 409 g/mol. The van der Waals surface area contributed by atoms with Crippen LogP contribution >= 0.6 is 35.0 Å². The molecule has 1 atom stereocenters. The number of rotatable bonds is 4. The van der Waals surface area contributed by atoms with Gasteiger partial charge in [0.2, 0.25) is 0 Å². The van der Waals surface area contributed by atoms with Gasteiger partial charge in [-0.2, -0.15) is 0 Å². The maximum atomic E-state index is 12.0. The van der Waals surface area contributed by atoms with Crippen LogP contribution in [0.3, 0.4) is 0 Å². The minimum Gasteiger partial charge on any atom is -0.147 e. The molecule has 4 nitrogen and oxygen atoms in total. The second kappa shape index (κ2) is 11.4. The molecule has 0 aromatic rings. The van der Waals surface area contributed by atoms with Crippen LogP contribution in [0.15, 0.2) is 0 Å². The summed E-state index contributed by atoms with van der Waals surface area (Å²) < 4.78 is 0. The molecule has 0 aromatic carbocycles. The van der Waals surface area contributed by atoms with Crippen LogP contribution < -0.4 is 5.32 Å². The maximum absolute atomic E-state index is 12.0. The number of amides is 1. The number of nitrogens with one attached hydrogen (secondary N) is 1. The minimum absolute atomic E-state index is 0. The quantitative estimate of drug-likeness (QED) is 0.707. The van der Waals surface area contributed by atoms with E-state index in [1.807, 2.05) is 4.90 Å². The summed E-state index contributed by atoms with van der Waals surface area (Å²) in [6.07, 6.45) is 1.94. The van der Waals surface area contributed by atoms with Crippen LogP contribution in [-0.4, -0.2) is 81.1 Å². The van der Waals surface area contributed by atoms with Gasteiger partial charge in [-0.25, -0.2) is 0 Å². The van der Waals surface area contributed by atoms with Gasteiger partial charge in [0.1, 0.15) is 0 Å². The molecule has 1 unspecified atom stereocenters. The Labute approximate surface area is 144 Å². The Morgan fingerprint density at radius 3 is 2.60 bits per heavy atom. The minimum atomic E-state index is 0. The third-order valence-corrected chi connectivity index (χ3v) is 8.03. The Morgan fingerprint density at radius 2 is 2.00 bits per heavy atom. The fraction of sp³-hybridized carbons (Fsp3) is 0.917. The molecule has 0 aliphatic carbocycles. The largest absolute Gasteiger partial charge is 0.147 e. The van der Waals surface area contributed by atoms with Crippen LogP contribution in [0, 0.1) is 0 Å². The van der Waals surface area contributed by atoms with Gasteiger partial charge < -0.3 is 0 Å². The summed E-state index contributed by atoms with van der Waals surface area (Å²) in [5.41, 5.74) is 0. The van der Waals surface area contributed by atoms with E-state index in [4.69, 9.17) is 0 Å². The fourth-order valence-electron chi connectivity index (χ4n) is 2.22. The van der Waals surface area contributed by atoms with Gasteiger partial charge >= 0.3 is 120 Å². The summed E-state index contributed by atoms with van der Waals surface area (Å²) >= 11 is 0.761. The number of hydrogen-bond donors (Lipinski definition) is 1. The SMILES string of the molecule is CN1CCN(C(=O)CCNC2CCS[Se]C2)CC1.Cl.Cl. The van der Waals surface area contributed by atoms with E-state index in [0.717, 1.165) is 46.6 Å². The number of likely N-dealkylation sites (N-methyl/N-ethyl adjacent to an activating group) is 1. The second-order valence-electron chi connectivity index (χ2n) is 4.98. The first-order chi connectivity index (χ1) is 8.75. The van der Waals surface area contributed by atoms with E-state index in [1.165, 1.54) is 17.5 Å². The number of halogens is 2. The monoisotopic (exact) mass is 409 g/mol. The van der Waals surface area contributed by atoms with E-state index >= 15 is 0 Å². The topological polar surface area (TPSA) is 35.6 Å². The summed E-state index contributed by atoms with van der Waals surface area (Å²) in [5, 5.41) is 4.86. The standard InChI is InChI=1S/C12H23N3OSSe.2ClH/c1-14-5-7-15(8-6-14)12(16)2-4-13-11-3-9-17-18-10-11;;/h11,13H,2-10H2,1H3;2*1H. The van der Waals surface area contributed by atoms with Crippen LogP contribution in [0.2, 0.25) is 5.32 Å². The third-order valence-electron chi connectivity index (χ3n) is 3.53. The average Bonchev–Trinajstić information content (AvgIpc) is 2.40. The van der Waals surface area contributed by atoms with Gasteiger partial charge in [0.15, 0.2) is 0 Å². The van der Waals surface area contributed by atoms with Crippen LogP contribution in [0.25, 0.3) is 0 Å². The summed E-state index contributed by atoms with van der Waals surface area (Å²) in [6, 6.07) is 0.673. The van der Waals surface area contributed by atoms with Crippen LogP contribution in [0.4, 0.5) is 0 Å². The molecular formula is C12H25Cl2N3OSSe. The molecule has 1 amide bonds. The van der Waals surface area contributed by atoms with Crippen molar-refractivity contribution >= 4 is 54.7 Å². The van der Waals surface area contributed by atoms with Gasteiger partial charge in [0.25, 0.3) is 0 Å². The number of nitrogens with zero attached hydrogens (tertiary/aromatic N) is 2. The molecule has 2 heterocycles. The fourth-order valence-corrected chi connectivity index (χ4v) is 6.56. The van der Waals surface area contributed by atoms with E-state index in [2.05, 4.69) is 27.4 Å². The van der Waals surface area contributed by atoms with E-state index in [-0.39, 0.29) is 24.8 Å². The van der Waals surface area contributed by atoms with Crippen molar-refractivity contribution in [1.29, 1.82) is 0 Å². The normalized spacial score (nSPS) is 23.6. The molecule has 0 bridgehead atoms. The van der Waals surface area contributed by atoms with E-state index in [9.17, 15) is 4.79 Å². The Balaban J connectivity index is 0.00000180. The first kappa shape index (κ1) is 20.8. The smallest absolute Gasteiger partial charge is 0.147 e. The van der Waals surface area contributed by atoms with Crippen molar-refractivity contribution in [1.82, 2.24) is 15.1 Å².